The number of aldehydes is 1. The number of thiophene rings is 1. The molecule has 0 saturated heterocycles. The molecule has 0 aliphatic heterocycles. The summed E-state index contributed by atoms with van der Waals surface area (Å²) in [6, 6.07) is 12.1. The summed E-state index contributed by atoms with van der Waals surface area (Å²) in [5.41, 5.74) is 2.23. The molecule has 0 N–H and O–H groups in total. The number of hydrogen-bond donors (Lipinski definition) is 0. The van der Waals surface area contributed by atoms with Crippen LogP contribution in [0, 0.1) is 0 Å². The second-order valence-electron chi connectivity index (χ2n) is 5.35. The molecule has 0 unspecified atom stereocenters. The lowest BCUT2D eigenvalue weighted by Crippen LogP contribution is -2.07. The van der Waals surface area contributed by atoms with Gasteiger partial charge in [-0.3, -0.25) is 4.79 Å². The second kappa shape index (κ2) is 7.15. The number of carbonyl (C=O) groups is 1. The average molecular weight is 358 g/mol. The maximum Gasteiger partial charge on any atom is 0.233 e. The molecule has 0 aliphatic rings. The molecule has 0 fully saturated rings. The van der Waals surface area contributed by atoms with Crippen molar-refractivity contribution in [2.45, 2.75) is 6.92 Å². The number of benzene rings is 1. The third-order valence-corrected chi connectivity index (χ3v) is 5.74. The zero-order chi connectivity index (χ0) is 17.1. The molecule has 3 rings (SSSR count). The molecule has 4 nitrogen and oxygen atoms in total. The largest absolute Gasteiger partial charge is 0.477 e. The Morgan fingerprint density at radius 2 is 1.88 bits per heavy atom. The maximum atomic E-state index is 10.9. The van der Waals surface area contributed by atoms with Crippen molar-refractivity contribution < 1.29 is 9.53 Å². The van der Waals surface area contributed by atoms with E-state index in [9.17, 15) is 4.79 Å². The molecule has 0 saturated carbocycles. The monoisotopic (exact) mass is 358 g/mol. The van der Waals surface area contributed by atoms with E-state index >= 15 is 0 Å². The van der Waals surface area contributed by atoms with Crippen LogP contribution in [-0.4, -0.2) is 32.0 Å². The van der Waals surface area contributed by atoms with E-state index in [0.717, 1.165) is 32.3 Å². The Balaban J connectivity index is 2.01. The van der Waals surface area contributed by atoms with Crippen LogP contribution < -0.4 is 9.64 Å². The van der Waals surface area contributed by atoms with Gasteiger partial charge in [-0.05, 0) is 36.8 Å². The molecule has 0 radical (unpaired) electrons. The first-order valence-corrected chi connectivity index (χ1v) is 9.22. The van der Waals surface area contributed by atoms with Crippen molar-refractivity contribution in [1.29, 1.82) is 0 Å². The fraction of sp³-hybridized carbons (Fsp3) is 0.222. The lowest BCUT2D eigenvalue weighted by atomic mass is 10.2. The third kappa shape index (κ3) is 3.34. The van der Waals surface area contributed by atoms with Crippen LogP contribution in [0.5, 0.6) is 5.88 Å². The summed E-state index contributed by atoms with van der Waals surface area (Å²) in [6.45, 7) is 2.52. The van der Waals surface area contributed by atoms with Crippen molar-refractivity contribution >= 4 is 34.6 Å². The van der Waals surface area contributed by atoms with E-state index < -0.39 is 0 Å². The smallest absolute Gasteiger partial charge is 0.233 e. The highest BCUT2D eigenvalue weighted by Gasteiger charge is 2.17. The van der Waals surface area contributed by atoms with Gasteiger partial charge in [-0.1, -0.05) is 12.1 Å². The average Bonchev–Trinajstić information content (AvgIpc) is 3.22. The number of anilines is 1. The van der Waals surface area contributed by atoms with Gasteiger partial charge in [0.15, 0.2) is 6.29 Å². The number of hydrogen-bond acceptors (Lipinski definition) is 6. The summed E-state index contributed by atoms with van der Waals surface area (Å²) in [6.07, 6.45) is 0.867. The van der Waals surface area contributed by atoms with E-state index in [4.69, 9.17) is 4.74 Å². The van der Waals surface area contributed by atoms with Crippen molar-refractivity contribution in [2.75, 3.05) is 25.6 Å². The summed E-state index contributed by atoms with van der Waals surface area (Å²) in [4.78, 5) is 20.3. The van der Waals surface area contributed by atoms with Gasteiger partial charge in [0.2, 0.25) is 5.88 Å². The van der Waals surface area contributed by atoms with Gasteiger partial charge in [0.1, 0.15) is 5.01 Å². The first-order valence-electron chi connectivity index (χ1n) is 7.59. The highest BCUT2D eigenvalue weighted by Crippen LogP contribution is 2.42. The van der Waals surface area contributed by atoms with Crippen LogP contribution in [0.4, 0.5) is 5.69 Å². The number of ether oxygens (including phenoxy) is 1. The summed E-state index contributed by atoms with van der Waals surface area (Å²) >= 11 is 3.03. The van der Waals surface area contributed by atoms with E-state index in [1.165, 1.54) is 11.3 Å². The predicted molar refractivity (Wildman–Crippen MR) is 102 cm³/mol. The van der Waals surface area contributed by atoms with Crippen LogP contribution in [0.2, 0.25) is 0 Å². The van der Waals surface area contributed by atoms with Crippen molar-refractivity contribution in [1.82, 2.24) is 4.98 Å². The van der Waals surface area contributed by atoms with E-state index in [1.807, 2.05) is 33.2 Å². The molecular weight excluding hydrogens is 340 g/mol. The van der Waals surface area contributed by atoms with Crippen LogP contribution in [0.1, 0.15) is 16.6 Å². The molecule has 6 heteroatoms. The Bertz CT molecular complexity index is 835. The Kier molecular flexibility index (Phi) is 4.97. The van der Waals surface area contributed by atoms with Crippen molar-refractivity contribution in [3.05, 3.63) is 41.3 Å². The van der Waals surface area contributed by atoms with Crippen molar-refractivity contribution in [3.8, 4) is 26.2 Å². The van der Waals surface area contributed by atoms with Gasteiger partial charge >= 0.3 is 0 Å². The molecule has 124 valence electrons. The number of thiazole rings is 1. The molecule has 0 aliphatic carbocycles. The Labute approximate surface area is 149 Å². The molecule has 1 aromatic carbocycles. The number of nitrogens with zero attached hydrogens (tertiary/aromatic N) is 2. The van der Waals surface area contributed by atoms with E-state index in [2.05, 4.69) is 34.1 Å². The molecule has 0 amide bonds. The van der Waals surface area contributed by atoms with Crippen molar-refractivity contribution in [3.63, 3.8) is 0 Å². The van der Waals surface area contributed by atoms with Gasteiger partial charge in [0, 0.05) is 19.8 Å². The molecular formula is C18H18N2O2S2. The first kappa shape index (κ1) is 16.7. The fourth-order valence-electron chi connectivity index (χ4n) is 2.27. The Morgan fingerprint density at radius 1 is 1.12 bits per heavy atom. The van der Waals surface area contributed by atoms with Gasteiger partial charge in [0.05, 0.1) is 21.2 Å². The van der Waals surface area contributed by atoms with Crippen LogP contribution in [-0.2, 0) is 0 Å². The summed E-state index contributed by atoms with van der Waals surface area (Å²) in [5, 5.41) is 0.878. The summed E-state index contributed by atoms with van der Waals surface area (Å²) in [5.74, 6) is 0.649. The van der Waals surface area contributed by atoms with Gasteiger partial charge in [-0.15, -0.1) is 22.7 Å². The van der Waals surface area contributed by atoms with Crippen molar-refractivity contribution in [2.24, 2.45) is 0 Å². The lowest BCUT2D eigenvalue weighted by Gasteiger charge is -2.12. The van der Waals surface area contributed by atoms with E-state index in [-0.39, 0.29) is 0 Å². The zero-order valence-electron chi connectivity index (χ0n) is 13.8. The minimum atomic E-state index is 0.565. The predicted octanol–water partition coefficient (Wildman–Crippen LogP) is 4.82. The van der Waals surface area contributed by atoms with Gasteiger partial charge in [-0.2, -0.15) is 0 Å². The number of rotatable bonds is 6. The van der Waals surface area contributed by atoms with Crippen LogP contribution in [0.15, 0.2) is 36.4 Å². The Hall–Kier alpha value is -2.18. The first-order chi connectivity index (χ1) is 11.6. The molecule has 2 heterocycles. The van der Waals surface area contributed by atoms with Gasteiger partial charge < -0.3 is 9.64 Å². The summed E-state index contributed by atoms with van der Waals surface area (Å²) in [7, 11) is 4.04. The highest BCUT2D eigenvalue weighted by atomic mass is 32.1. The molecule has 2 aromatic heterocycles. The second-order valence-corrected chi connectivity index (χ2v) is 7.46. The van der Waals surface area contributed by atoms with Crippen LogP contribution in [0.25, 0.3) is 20.3 Å². The topological polar surface area (TPSA) is 42.4 Å². The standard InChI is InChI=1S/C18H18N2O2S2/c1-4-22-17-16(12-5-7-13(8-6-12)20(2)3)24-18(19-17)15-10-9-14(11-21)23-15/h5-11H,4H2,1-3H3. The van der Waals surface area contributed by atoms with Gasteiger partial charge in [-0.25, -0.2) is 4.98 Å². The summed E-state index contributed by atoms with van der Waals surface area (Å²) < 4.78 is 5.73. The Morgan fingerprint density at radius 3 is 2.46 bits per heavy atom. The molecule has 24 heavy (non-hydrogen) atoms. The zero-order valence-corrected chi connectivity index (χ0v) is 15.4. The quantitative estimate of drug-likeness (QED) is 0.593. The fourth-order valence-corrected chi connectivity index (χ4v) is 4.16. The number of aromatic nitrogens is 1. The molecule has 3 aromatic rings. The molecule has 0 bridgehead atoms. The highest BCUT2D eigenvalue weighted by molar-refractivity contribution is 7.24. The lowest BCUT2D eigenvalue weighted by molar-refractivity contribution is 0.112. The third-order valence-electron chi connectivity index (χ3n) is 3.48. The normalized spacial score (nSPS) is 10.6. The van der Waals surface area contributed by atoms with Crippen LogP contribution >= 0.6 is 22.7 Å². The minimum Gasteiger partial charge on any atom is -0.477 e. The van der Waals surface area contributed by atoms with E-state index in [1.54, 1.807) is 11.3 Å². The molecule has 0 atom stereocenters. The molecule has 0 spiro atoms. The minimum absolute atomic E-state index is 0.565. The van der Waals surface area contributed by atoms with E-state index in [0.29, 0.717) is 17.4 Å². The number of carbonyl (C=O) groups excluding carboxylic acids is 1. The SMILES string of the molecule is CCOc1nc(-c2ccc(C=O)s2)sc1-c1ccc(N(C)C)cc1. The van der Waals surface area contributed by atoms with Gasteiger partial charge in [0.25, 0.3) is 0 Å². The van der Waals surface area contributed by atoms with Crippen LogP contribution in [0.3, 0.4) is 0 Å². The maximum absolute atomic E-state index is 10.9.